The van der Waals surface area contributed by atoms with Gasteiger partial charge in [-0.2, -0.15) is 0 Å². The third-order valence-corrected chi connectivity index (χ3v) is 4.91. The van der Waals surface area contributed by atoms with E-state index in [4.69, 9.17) is 4.74 Å². The standard InChI is InChI=1S/C22H25FN2O3/c1-15(12-17-6-8-19(23)9-7-17)21(26)24-20-5-3-4-18(13-20)22(27)25-10-11-28-14-16(25)2/h3-9,13,15-16H,10-12,14H2,1-2H3,(H,24,26). The summed E-state index contributed by atoms with van der Waals surface area (Å²) in [5.41, 5.74) is 2.02. The molecule has 28 heavy (non-hydrogen) atoms. The molecule has 2 atom stereocenters. The molecule has 148 valence electrons. The molecule has 6 heteroatoms. The van der Waals surface area contributed by atoms with Crippen LogP contribution >= 0.6 is 0 Å². The van der Waals surface area contributed by atoms with E-state index in [1.165, 1.54) is 12.1 Å². The largest absolute Gasteiger partial charge is 0.377 e. The Balaban J connectivity index is 1.64. The molecule has 1 saturated heterocycles. The minimum atomic E-state index is -0.295. The minimum Gasteiger partial charge on any atom is -0.377 e. The summed E-state index contributed by atoms with van der Waals surface area (Å²) in [6.45, 7) is 5.41. The van der Waals surface area contributed by atoms with Gasteiger partial charge in [-0.3, -0.25) is 9.59 Å². The Labute approximate surface area is 164 Å². The maximum atomic E-state index is 13.0. The van der Waals surface area contributed by atoms with Crippen molar-refractivity contribution >= 4 is 17.5 Å². The molecule has 2 aromatic rings. The number of morpholine rings is 1. The number of benzene rings is 2. The summed E-state index contributed by atoms with van der Waals surface area (Å²) in [5, 5.41) is 2.87. The summed E-state index contributed by atoms with van der Waals surface area (Å²) in [5.74, 6) is -0.791. The average Bonchev–Trinajstić information content (AvgIpc) is 2.69. The van der Waals surface area contributed by atoms with Crippen molar-refractivity contribution in [2.75, 3.05) is 25.1 Å². The predicted molar refractivity (Wildman–Crippen MR) is 106 cm³/mol. The fourth-order valence-electron chi connectivity index (χ4n) is 3.26. The Morgan fingerprint density at radius 3 is 2.71 bits per heavy atom. The van der Waals surface area contributed by atoms with E-state index in [1.54, 1.807) is 41.3 Å². The lowest BCUT2D eigenvalue weighted by Gasteiger charge is -2.33. The number of halogens is 1. The Hall–Kier alpha value is -2.73. The highest BCUT2D eigenvalue weighted by molar-refractivity contribution is 5.97. The number of rotatable bonds is 5. The van der Waals surface area contributed by atoms with Crippen molar-refractivity contribution in [1.29, 1.82) is 0 Å². The molecule has 0 spiro atoms. The normalized spacial score (nSPS) is 17.8. The van der Waals surface area contributed by atoms with Crippen molar-refractivity contribution in [2.24, 2.45) is 5.92 Å². The van der Waals surface area contributed by atoms with Crippen LogP contribution in [0.3, 0.4) is 0 Å². The van der Waals surface area contributed by atoms with Crippen molar-refractivity contribution < 1.29 is 18.7 Å². The van der Waals surface area contributed by atoms with Crippen LogP contribution in [0.5, 0.6) is 0 Å². The van der Waals surface area contributed by atoms with Crippen LogP contribution in [0.25, 0.3) is 0 Å². The van der Waals surface area contributed by atoms with Crippen molar-refractivity contribution in [2.45, 2.75) is 26.3 Å². The van der Waals surface area contributed by atoms with E-state index in [2.05, 4.69) is 5.32 Å². The molecule has 5 nitrogen and oxygen atoms in total. The number of amides is 2. The molecule has 0 aromatic heterocycles. The van der Waals surface area contributed by atoms with E-state index >= 15 is 0 Å². The molecular formula is C22H25FN2O3. The van der Waals surface area contributed by atoms with Crippen molar-refractivity contribution in [1.82, 2.24) is 4.90 Å². The lowest BCUT2D eigenvalue weighted by Crippen LogP contribution is -2.47. The topological polar surface area (TPSA) is 58.6 Å². The molecule has 0 radical (unpaired) electrons. The lowest BCUT2D eigenvalue weighted by molar-refractivity contribution is -0.119. The molecule has 2 aromatic carbocycles. The second-order valence-corrected chi connectivity index (χ2v) is 7.22. The fourth-order valence-corrected chi connectivity index (χ4v) is 3.26. The second-order valence-electron chi connectivity index (χ2n) is 7.22. The van der Waals surface area contributed by atoms with Gasteiger partial charge in [-0.15, -0.1) is 0 Å². The number of hydrogen-bond acceptors (Lipinski definition) is 3. The highest BCUT2D eigenvalue weighted by Crippen LogP contribution is 2.18. The molecule has 0 saturated carbocycles. The molecule has 2 unspecified atom stereocenters. The van der Waals surface area contributed by atoms with E-state index in [0.29, 0.717) is 37.4 Å². The average molecular weight is 384 g/mol. The van der Waals surface area contributed by atoms with E-state index < -0.39 is 0 Å². The van der Waals surface area contributed by atoms with Gasteiger partial charge in [0.05, 0.1) is 19.3 Å². The Bertz CT molecular complexity index is 838. The van der Waals surface area contributed by atoms with Gasteiger partial charge in [0.1, 0.15) is 5.82 Å². The fraction of sp³-hybridized carbons (Fsp3) is 0.364. The molecule has 1 N–H and O–H groups in total. The van der Waals surface area contributed by atoms with Crippen LogP contribution in [0.4, 0.5) is 10.1 Å². The van der Waals surface area contributed by atoms with Crippen LogP contribution in [0.2, 0.25) is 0 Å². The first-order valence-corrected chi connectivity index (χ1v) is 9.48. The SMILES string of the molecule is CC(Cc1ccc(F)cc1)C(=O)Nc1cccc(C(=O)N2CCOCC2C)c1. The van der Waals surface area contributed by atoms with Crippen LogP contribution < -0.4 is 5.32 Å². The highest BCUT2D eigenvalue weighted by Gasteiger charge is 2.25. The molecule has 0 bridgehead atoms. The number of ether oxygens (including phenoxy) is 1. The van der Waals surface area contributed by atoms with Gasteiger partial charge < -0.3 is 15.0 Å². The zero-order valence-electron chi connectivity index (χ0n) is 16.2. The van der Waals surface area contributed by atoms with E-state index in [9.17, 15) is 14.0 Å². The summed E-state index contributed by atoms with van der Waals surface area (Å²) in [6, 6.07) is 13.2. The lowest BCUT2D eigenvalue weighted by atomic mass is 10.00. The van der Waals surface area contributed by atoms with Gasteiger partial charge in [-0.05, 0) is 49.2 Å². The summed E-state index contributed by atoms with van der Waals surface area (Å²) in [7, 11) is 0. The van der Waals surface area contributed by atoms with Crippen LogP contribution in [0, 0.1) is 11.7 Å². The summed E-state index contributed by atoms with van der Waals surface area (Å²) in [4.78, 5) is 27.1. The van der Waals surface area contributed by atoms with Gasteiger partial charge in [0.15, 0.2) is 0 Å². The number of anilines is 1. The Morgan fingerprint density at radius 1 is 1.25 bits per heavy atom. The summed E-state index contributed by atoms with van der Waals surface area (Å²) >= 11 is 0. The Kier molecular flexibility index (Phi) is 6.41. The monoisotopic (exact) mass is 384 g/mol. The first-order valence-electron chi connectivity index (χ1n) is 9.48. The van der Waals surface area contributed by atoms with Crippen molar-refractivity contribution in [3.8, 4) is 0 Å². The number of nitrogens with one attached hydrogen (secondary N) is 1. The van der Waals surface area contributed by atoms with E-state index in [-0.39, 0.29) is 29.6 Å². The molecule has 1 heterocycles. The minimum absolute atomic E-state index is 0.0234. The second kappa shape index (κ2) is 8.97. The van der Waals surface area contributed by atoms with Gasteiger partial charge in [0.25, 0.3) is 5.91 Å². The van der Waals surface area contributed by atoms with Gasteiger partial charge in [0, 0.05) is 23.7 Å². The highest BCUT2D eigenvalue weighted by atomic mass is 19.1. The van der Waals surface area contributed by atoms with Crippen LogP contribution in [-0.4, -0.2) is 42.5 Å². The quantitative estimate of drug-likeness (QED) is 0.858. The molecule has 1 fully saturated rings. The number of hydrogen-bond donors (Lipinski definition) is 1. The van der Waals surface area contributed by atoms with Crippen LogP contribution in [0.1, 0.15) is 29.8 Å². The number of nitrogens with zero attached hydrogens (tertiary/aromatic N) is 1. The van der Waals surface area contributed by atoms with Gasteiger partial charge in [0.2, 0.25) is 5.91 Å². The van der Waals surface area contributed by atoms with Gasteiger partial charge in [-0.25, -0.2) is 4.39 Å². The first kappa shape index (κ1) is 20.0. The van der Waals surface area contributed by atoms with Gasteiger partial charge in [-0.1, -0.05) is 25.1 Å². The smallest absolute Gasteiger partial charge is 0.254 e. The third-order valence-electron chi connectivity index (χ3n) is 4.91. The molecule has 3 rings (SSSR count). The van der Waals surface area contributed by atoms with E-state index in [1.807, 2.05) is 13.8 Å². The summed E-state index contributed by atoms with van der Waals surface area (Å²) in [6.07, 6.45) is 0.510. The zero-order chi connectivity index (χ0) is 20.1. The first-order chi connectivity index (χ1) is 13.4. The molecule has 2 amide bonds. The predicted octanol–water partition coefficient (Wildman–Crippen LogP) is 3.50. The molecular weight excluding hydrogens is 359 g/mol. The number of carbonyl (C=O) groups is 2. The van der Waals surface area contributed by atoms with Gasteiger partial charge >= 0.3 is 0 Å². The number of carbonyl (C=O) groups excluding carboxylic acids is 2. The summed E-state index contributed by atoms with van der Waals surface area (Å²) < 4.78 is 18.4. The van der Waals surface area contributed by atoms with Crippen molar-refractivity contribution in [3.63, 3.8) is 0 Å². The maximum absolute atomic E-state index is 13.0. The molecule has 1 aliphatic heterocycles. The molecule has 1 aliphatic rings. The Morgan fingerprint density at radius 2 is 2.00 bits per heavy atom. The van der Waals surface area contributed by atoms with E-state index in [0.717, 1.165) is 5.56 Å². The van der Waals surface area contributed by atoms with Crippen LogP contribution in [0.15, 0.2) is 48.5 Å². The molecule has 0 aliphatic carbocycles. The zero-order valence-corrected chi connectivity index (χ0v) is 16.2. The maximum Gasteiger partial charge on any atom is 0.254 e. The van der Waals surface area contributed by atoms with Crippen LogP contribution in [-0.2, 0) is 16.0 Å². The van der Waals surface area contributed by atoms with Crippen molar-refractivity contribution in [3.05, 3.63) is 65.5 Å². The third kappa shape index (κ3) is 4.95.